The monoisotopic (exact) mass is 256 g/mol. The van der Waals surface area contributed by atoms with E-state index in [1.807, 2.05) is 0 Å². The molecule has 0 radical (unpaired) electrons. The van der Waals surface area contributed by atoms with Crippen LogP contribution < -0.4 is 10.6 Å². The molecule has 1 unspecified atom stereocenters. The fraction of sp³-hybridized carbons (Fsp3) is 0.846. The number of carbonyl (C=O) groups excluding carboxylic acids is 2. The highest BCUT2D eigenvalue weighted by molar-refractivity contribution is 5.77. The SMILES string of the molecule is CC(C)(C)OC(=O)NCCC(=O)NC1CC1(C)C. The van der Waals surface area contributed by atoms with E-state index in [0.29, 0.717) is 6.54 Å². The van der Waals surface area contributed by atoms with Crippen LogP contribution in [0.1, 0.15) is 47.5 Å². The van der Waals surface area contributed by atoms with Crippen molar-refractivity contribution in [1.29, 1.82) is 0 Å². The predicted molar refractivity (Wildman–Crippen MR) is 69.2 cm³/mol. The summed E-state index contributed by atoms with van der Waals surface area (Å²) in [6.45, 7) is 9.94. The number of hydrogen-bond donors (Lipinski definition) is 2. The van der Waals surface area contributed by atoms with E-state index in [0.717, 1.165) is 6.42 Å². The number of alkyl carbamates (subject to hydrolysis) is 1. The maximum absolute atomic E-state index is 11.5. The van der Waals surface area contributed by atoms with Gasteiger partial charge in [0.15, 0.2) is 0 Å². The summed E-state index contributed by atoms with van der Waals surface area (Å²) in [7, 11) is 0. The Morgan fingerprint density at radius 3 is 2.33 bits per heavy atom. The van der Waals surface area contributed by atoms with Crippen LogP contribution in [0.5, 0.6) is 0 Å². The molecule has 0 bridgehead atoms. The van der Waals surface area contributed by atoms with Crippen molar-refractivity contribution in [2.24, 2.45) is 5.41 Å². The van der Waals surface area contributed by atoms with Crippen molar-refractivity contribution in [1.82, 2.24) is 10.6 Å². The van der Waals surface area contributed by atoms with Crippen LogP contribution in [0.25, 0.3) is 0 Å². The lowest BCUT2D eigenvalue weighted by molar-refractivity contribution is -0.121. The fourth-order valence-corrected chi connectivity index (χ4v) is 1.57. The summed E-state index contributed by atoms with van der Waals surface area (Å²) in [5.41, 5.74) is -0.279. The van der Waals surface area contributed by atoms with Gasteiger partial charge in [0.05, 0.1) is 0 Å². The van der Waals surface area contributed by atoms with Crippen molar-refractivity contribution in [2.45, 2.75) is 59.1 Å². The Kier molecular flexibility index (Phi) is 4.24. The Morgan fingerprint density at radius 2 is 1.89 bits per heavy atom. The predicted octanol–water partition coefficient (Wildman–Crippen LogP) is 1.82. The molecule has 5 nitrogen and oxygen atoms in total. The van der Waals surface area contributed by atoms with Gasteiger partial charge in [0.2, 0.25) is 5.91 Å². The van der Waals surface area contributed by atoms with Crippen LogP contribution in [0.3, 0.4) is 0 Å². The van der Waals surface area contributed by atoms with Crippen molar-refractivity contribution in [3.63, 3.8) is 0 Å². The van der Waals surface area contributed by atoms with E-state index < -0.39 is 11.7 Å². The average molecular weight is 256 g/mol. The minimum Gasteiger partial charge on any atom is -0.444 e. The van der Waals surface area contributed by atoms with Crippen molar-refractivity contribution >= 4 is 12.0 Å². The van der Waals surface area contributed by atoms with Gasteiger partial charge in [-0.15, -0.1) is 0 Å². The Balaban J connectivity index is 2.11. The van der Waals surface area contributed by atoms with Crippen LogP contribution in [0.15, 0.2) is 0 Å². The van der Waals surface area contributed by atoms with E-state index in [1.165, 1.54) is 0 Å². The first-order valence-corrected chi connectivity index (χ1v) is 6.36. The fourth-order valence-electron chi connectivity index (χ4n) is 1.57. The average Bonchev–Trinajstić information content (AvgIpc) is 2.69. The van der Waals surface area contributed by atoms with Gasteiger partial charge in [-0.1, -0.05) is 13.8 Å². The highest BCUT2D eigenvalue weighted by Crippen LogP contribution is 2.44. The van der Waals surface area contributed by atoms with Gasteiger partial charge < -0.3 is 15.4 Å². The quantitative estimate of drug-likeness (QED) is 0.806. The van der Waals surface area contributed by atoms with Crippen molar-refractivity contribution in [2.75, 3.05) is 6.54 Å². The topological polar surface area (TPSA) is 67.4 Å². The Bertz CT molecular complexity index is 332. The summed E-state index contributed by atoms with van der Waals surface area (Å²) < 4.78 is 5.06. The van der Waals surface area contributed by atoms with E-state index in [4.69, 9.17) is 4.74 Å². The summed E-state index contributed by atoms with van der Waals surface area (Å²) in [5, 5.41) is 5.50. The van der Waals surface area contributed by atoms with Gasteiger partial charge in [-0.05, 0) is 32.6 Å². The van der Waals surface area contributed by atoms with Gasteiger partial charge in [-0.25, -0.2) is 4.79 Å². The summed E-state index contributed by atoms with van der Waals surface area (Å²) >= 11 is 0. The zero-order valence-electron chi connectivity index (χ0n) is 11.9. The third-order valence-electron chi connectivity index (χ3n) is 2.87. The number of rotatable bonds is 4. The molecule has 1 aliphatic rings. The molecule has 0 saturated heterocycles. The first kappa shape index (κ1) is 14.8. The molecule has 1 fully saturated rings. The van der Waals surface area contributed by atoms with Gasteiger partial charge in [-0.3, -0.25) is 4.79 Å². The van der Waals surface area contributed by atoms with Crippen LogP contribution in [0.2, 0.25) is 0 Å². The molecule has 0 spiro atoms. The molecule has 0 aromatic heterocycles. The molecule has 104 valence electrons. The minimum absolute atomic E-state index is 0.0263. The van der Waals surface area contributed by atoms with E-state index >= 15 is 0 Å². The molecule has 0 aliphatic heterocycles. The molecule has 1 rings (SSSR count). The number of carbonyl (C=O) groups is 2. The van der Waals surface area contributed by atoms with Crippen LogP contribution in [0.4, 0.5) is 4.79 Å². The second-order valence-corrected chi connectivity index (χ2v) is 6.49. The zero-order chi connectivity index (χ0) is 14.0. The molecule has 2 amide bonds. The molecule has 0 aromatic rings. The second-order valence-electron chi connectivity index (χ2n) is 6.49. The van der Waals surface area contributed by atoms with Gasteiger partial charge in [-0.2, -0.15) is 0 Å². The van der Waals surface area contributed by atoms with E-state index in [-0.39, 0.29) is 23.8 Å². The van der Waals surface area contributed by atoms with Crippen LogP contribution in [0, 0.1) is 5.41 Å². The van der Waals surface area contributed by atoms with Crippen molar-refractivity contribution in [3.8, 4) is 0 Å². The zero-order valence-corrected chi connectivity index (χ0v) is 11.9. The molecule has 0 heterocycles. The maximum Gasteiger partial charge on any atom is 0.407 e. The molecule has 18 heavy (non-hydrogen) atoms. The lowest BCUT2D eigenvalue weighted by Crippen LogP contribution is -2.36. The van der Waals surface area contributed by atoms with Crippen LogP contribution in [-0.4, -0.2) is 30.2 Å². The summed E-state index contributed by atoms with van der Waals surface area (Å²) in [6.07, 6.45) is 0.825. The van der Waals surface area contributed by atoms with Crippen LogP contribution >= 0.6 is 0 Å². The van der Waals surface area contributed by atoms with E-state index in [1.54, 1.807) is 20.8 Å². The highest BCUT2D eigenvalue weighted by Gasteiger charge is 2.46. The third-order valence-corrected chi connectivity index (χ3v) is 2.87. The van der Waals surface area contributed by atoms with Gasteiger partial charge in [0.1, 0.15) is 5.60 Å². The molecule has 0 aromatic carbocycles. The van der Waals surface area contributed by atoms with Crippen molar-refractivity contribution in [3.05, 3.63) is 0 Å². The van der Waals surface area contributed by atoms with Gasteiger partial charge in [0.25, 0.3) is 0 Å². The minimum atomic E-state index is -0.510. The molecular formula is C13H24N2O3. The van der Waals surface area contributed by atoms with Gasteiger partial charge >= 0.3 is 6.09 Å². The normalized spacial score (nSPS) is 21.1. The Hall–Kier alpha value is -1.26. The van der Waals surface area contributed by atoms with Crippen LogP contribution in [-0.2, 0) is 9.53 Å². The number of amides is 2. The molecule has 2 N–H and O–H groups in total. The van der Waals surface area contributed by atoms with E-state index in [9.17, 15) is 9.59 Å². The number of hydrogen-bond acceptors (Lipinski definition) is 3. The maximum atomic E-state index is 11.5. The first-order valence-electron chi connectivity index (χ1n) is 6.36. The molecular weight excluding hydrogens is 232 g/mol. The lowest BCUT2D eigenvalue weighted by Gasteiger charge is -2.19. The van der Waals surface area contributed by atoms with Gasteiger partial charge in [0, 0.05) is 19.0 Å². The standard InChI is InChI=1S/C13H24N2O3/c1-12(2,3)18-11(17)14-7-6-10(16)15-9-8-13(9,4)5/h9H,6-8H2,1-5H3,(H,14,17)(H,15,16). The van der Waals surface area contributed by atoms with Crippen molar-refractivity contribution < 1.29 is 14.3 Å². The second kappa shape index (κ2) is 5.16. The third kappa shape index (κ3) is 5.38. The molecule has 1 atom stereocenters. The molecule has 1 aliphatic carbocycles. The van der Waals surface area contributed by atoms with E-state index in [2.05, 4.69) is 24.5 Å². The Labute approximate surface area is 109 Å². The molecule has 1 saturated carbocycles. The summed E-state index contributed by atoms with van der Waals surface area (Å²) in [5.74, 6) is -0.0263. The lowest BCUT2D eigenvalue weighted by atomic mass is 10.2. The smallest absolute Gasteiger partial charge is 0.407 e. The number of nitrogens with one attached hydrogen (secondary N) is 2. The summed E-state index contributed by atoms with van der Waals surface area (Å²) in [6, 6.07) is 0.284. The number of ether oxygens (including phenoxy) is 1. The first-order chi connectivity index (χ1) is 8.10. The Morgan fingerprint density at radius 1 is 1.33 bits per heavy atom. The molecule has 5 heteroatoms. The largest absolute Gasteiger partial charge is 0.444 e. The summed E-state index contributed by atoms with van der Waals surface area (Å²) in [4.78, 5) is 22.9. The highest BCUT2D eigenvalue weighted by atomic mass is 16.6.